The molecule has 5 heteroatoms. The molecule has 0 heterocycles. The highest BCUT2D eigenvalue weighted by Gasteiger charge is 2.32. The van der Waals surface area contributed by atoms with Gasteiger partial charge in [-0.2, -0.15) is 13.2 Å². The number of benzene rings is 1. The van der Waals surface area contributed by atoms with Gasteiger partial charge in [0.1, 0.15) is 12.2 Å². The SMILES string of the molecule is CCOc1ccc(C)cc1C(=O)CC(F)(F)F. The number of carbonyl (C=O) groups excluding carboxylic acids is 1. The first-order chi connectivity index (χ1) is 7.83. The zero-order chi connectivity index (χ0) is 13.1. The Kier molecular flexibility index (Phi) is 4.15. The van der Waals surface area contributed by atoms with Crippen molar-refractivity contribution in [1.82, 2.24) is 0 Å². The summed E-state index contributed by atoms with van der Waals surface area (Å²) in [5.41, 5.74) is 0.711. The van der Waals surface area contributed by atoms with Crippen LogP contribution in [0.5, 0.6) is 5.75 Å². The van der Waals surface area contributed by atoms with Crippen molar-refractivity contribution in [3.63, 3.8) is 0 Å². The van der Waals surface area contributed by atoms with Gasteiger partial charge in [0.15, 0.2) is 5.78 Å². The first-order valence-electron chi connectivity index (χ1n) is 5.17. The van der Waals surface area contributed by atoms with E-state index in [4.69, 9.17) is 4.74 Å². The molecule has 0 fully saturated rings. The van der Waals surface area contributed by atoms with Gasteiger partial charge in [0, 0.05) is 0 Å². The van der Waals surface area contributed by atoms with E-state index < -0.39 is 18.4 Å². The molecule has 0 spiro atoms. The van der Waals surface area contributed by atoms with Gasteiger partial charge in [-0.15, -0.1) is 0 Å². The van der Waals surface area contributed by atoms with Crippen LogP contribution >= 0.6 is 0 Å². The topological polar surface area (TPSA) is 26.3 Å². The molecule has 0 bridgehead atoms. The van der Waals surface area contributed by atoms with Gasteiger partial charge in [-0.3, -0.25) is 4.79 Å². The average molecular weight is 246 g/mol. The fourth-order valence-corrected chi connectivity index (χ4v) is 1.42. The van der Waals surface area contributed by atoms with Crippen LogP contribution in [0.2, 0.25) is 0 Å². The lowest BCUT2D eigenvalue weighted by Crippen LogP contribution is -2.16. The molecule has 0 aliphatic rings. The maximum absolute atomic E-state index is 12.1. The van der Waals surface area contributed by atoms with E-state index in [-0.39, 0.29) is 11.3 Å². The molecule has 0 saturated heterocycles. The summed E-state index contributed by atoms with van der Waals surface area (Å²) in [6, 6.07) is 4.62. The minimum atomic E-state index is -4.50. The van der Waals surface area contributed by atoms with Gasteiger partial charge < -0.3 is 4.74 Å². The van der Waals surface area contributed by atoms with Gasteiger partial charge >= 0.3 is 6.18 Å². The summed E-state index contributed by atoms with van der Waals surface area (Å²) in [5.74, 6) is -0.767. The van der Waals surface area contributed by atoms with Crippen LogP contribution in [0.1, 0.15) is 29.3 Å². The zero-order valence-electron chi connectivity index (χ0n) is 9.60. The highest BCUT2D eigenvalue weighted by molar-refractivity contribution is 5.99. The van der Waals surface area contributed by atoms with E-state index >= 15 is 0 Å². The van der Waals surface area contributed by atoms with Crippen LogP contribution in [0.4, 0.5) is 13.2 Å². The van der Waals surface area contributed by atoms with E-state index in [9.17, 15) is 18.0 Å². The fourth-order valence-electron chi connectivity index (χ4n) is 1.42. The van der Waals surface area contributed by atoms with Crippen LogP contribution in [0.3, 0.4) is 0 Å². The predicted molar refractivity (Wildman–Crippen MR) is 57.4 cm³/mol. The molecular weight excluding hydrogens is 233 g/mol. The maximum Gasteiger partial charge on any atom is 0.396 e. The van der Waals surface area contributed by atoms with E-state index in [1.165, 1.54) is 12.1 Å². The van der Waals surface area contributed by atoms with Crippen LogP contribution in [0.15, 0.2) is 18.2 Å². The first-order valence-corrected chi connectivity index (χ1v) is 5.17. The van der Waals surface area contributed by atoms with E-state index in [1.54, 1.807) is 19.9 Å². The predicted octanol–water partition coefficient (Wildman–Crippen LogP) is 3.53. The van der Waals surface area contributed by atoms with Gasteiger partial charge in [-0.05, 0) is 26.0 Å². The number of ether oxygens (including phenoxy) is 1. The standard InChI is InChI=1S/C12H13F3O2/c1-3-17-11-5-4-8(2)6-9(11)10(16)7-12(13,14)15/h4-6H,3,7H2,1-2H3. The lowest BCUT2D eigenvalue weighted by Gasteiger charge is -2.11. The number of alkyl halides is 3. The number of hydrogen-bond donors (Lipinski definition) is 0. The van der Waals surface area contributed by atoms with Crippen molar-refractivity contribution < 1.29 is 22.7 Å². The summed E-state index contributed by atoms with van der Waals surface area (Å²) >= 11 is 0. The van der Waals surface area contributed by atoms with E-state index in [0.717, 1.165) is 5.56 Å². The largest absolute Gasteiger partial charge is 0.493 e. The molecule has 0 radical (unpaired) electrons. The lowest BCUT2D eigenvalue weighted by atomic mass is 10.0. The smallest absolute Gasteiger partial charge is 0.396 e. The molecule has 1 aromatic carbocycles. The molecule has 94 valence electrons. The number of carbonyl (C=O) groups is 1. The number of Topliss-reactive ketones (excluding diaryl/α,β-unsaturated/α-hetero) is 1. The summed E-state index contributed by atoms with van der Waals surface area (Å²) in [7, 11) is 0. The third-order valence-corrected chi connectivity index (χ3v) is 2.10. The number of halogens is 3. The summed E-state index contributed by atoms with van der Waals surface area (Å²) in [6.45, 7) is 3.72. The Bertz CT molecular complexity index is 411. The van der Waals surface area contributed by atoms with Gasteiger partial charge in [-0.25, -0.2) is 0 Å². The van der Waals surface area contributed by atoms with E-state index in [2.05, 4.69) is 0 Å². The second-order valence-electron chi connectivity index (χ2n) is 3.65. The van der Waals surface area contributed by atoms with Gasteiger partial charge in [0.2, 0.25) is 0 Å². The number of rotatable bonds is 4. The molecule has 0 aliphatic heterocycles. The Hall–Kier alpha value is -1.52. The minimum Gasteiger partial charge on any atom is -0.493 e. The second-order valence-corrected chi connectivity index (χ2v) is 3.65. The average Bonchev–Trinajstić information content (AvgIpc) is 2.18. The van der Waals surface area contributed by atoms with Gasteiger partial charge in [0.05, 0.1) is 12.2 Å². The van der Waals surface area contributed by atoms with Crippen LogP contribution in [-0.2, 0) is 0 Å². The summed E-state index contributed by atoms with van der Waals surface area (Å²) < 4.78 is 41.6. The Morgan fingerprint density at radius 2 is 2.00 bits per heavy atom. The quantitative estimate of drug-likeness (QED) is 0.760. The monoisotopic (exact) mass is 246 g/mol. The van der Waals surface area contributed by atoms with Crippen molar-refractivity contribution in [2.45, 2.75) is 26.4 Å². The van der Waals surface area contributed by atoms with Crippen molar-refractivity contribution in [2.24, 2.45) is 0 Å². The Balaban J connectivity index is 3.02. The minimum absolute atomic E-state index is 0.0100. The molecule has 2 nitrogen and oxygen atoms in total. The molecule has 1 aromatic rings. The van der Waals surface area contributed by atoms with Crippen LogP contribution in [-0.4, -0.2) is 18.6 Å². The third kappa shape index (κ3) is 4.09. The van der Waals surface area contributed by atoms with Gasteiger partial charge in [0.25, 0.3) is 0 Å². The normalized spacial score (nSPS) is 11.4. The summed E-state index contributed by atoms with van der Waals surface area (Å²) in [6.07, 6.45) is -5.96. The lowest BCUT2D eigenvalue weighted by molar-refractivity contribution is -0.125. The van der Waals surface area contributed by atoms with Crippen molar-refractivity contribution in [3.8, 4) is 5.75 Å². The molecule has 0 atom stereocenters. The van der Waals surface area contributed by atoms with Crippen molar-refractivity contribution >= 4 is 5.78 Å². The molecule has 0 aliphatic carbocycles. The summed E-state index contributed by atoms with van der Waals surface area (Å²) in [4.78, 5) is 11.5. The molecule has 0 N–H and O–H groups in total. The highest BCUT2D eigenvalue weighted by atomic mass is 19.4. The Morgan fingerprint density at radius 1 is 1.35 bits per heavy atom. The molecule has 0 unspecified atom stereocenters. The zero-order valence-corrected chi connectivity index (χ0v) is 9.60. The van der Waals surface area contributed by atoms with Crippen LogP contribution in [0.25, 0.3) is 0 Å². The highest BCUT2D eigenvalue weighted by Crippen LogP contribution is 2.27. The summed E-state index contributed by atoms with van der Waals surface area (Å²) in [5, 5.41) is 0. The Morgan fingerprint density at radius 3 is 2.53 bits per heavy atom. The molecule has 1 rings (SSSR count). The molecule has 0 amide bonds. The van der Waals surface area contributed by atoms with Crippen molar-refractivity contribution in [3.05, 3.63) is 29.3 Å². The van der Waals surface area contributed by atoms with E-state index in [1.807, 2.05) is 0 Å². The molecule has 0 saturated carbocycles. The number of ketones is 1. The number of hydrogen-bond acceptors (Lipinski definition) is 2. The Labute approximate surface area is 97.4 Å². The first kappa shape index (κ1) is 13.5. The molecule has 17 heavy (non-hydrogen) atoms. The van der Waals surface area contributed by atoms with Crippen molar-refractivity contribution in [2.75, 3.05) is 6.61 Å². The molecular formula is C12H13F3O2. The number of aryl methyl sites for hydroxylation is 1. The third-order valence-electron chi connectivity index (χ3n) is 2.10. The van der Waals surface area contributed by atoms with Crippen LogP contribution in [0, 0.1) is 6.92 Å². The van der Waals surface area contributed by atoms with E-state index in [0.29, 0.717) is 6.61 Å². The second kappa shape index (κ2) is 5.21. The maximum atomic E-state index is 12.1. The van der Waals surface area contributed by atoms with Crippen LogP contribution < -0.4 is 4.74 Å². The molecule has 0 aromatic heterocycles. The fraction of sp³-hybridized carbons (Fsp3) is 0.417. The van der Waals surface area contributed by atoms with Crippen molar-refractivity contribution in [1.29, 1.82) is 0 Å². The van der Waals surface area contributed by atoms with Gasteiger partial charge in [-0.1, -0.05) is 11.6 Å².